The van der Waals surface area contributed by atoms with Crippen LogP contribution in [0, 0.1) is 13.8 Å². The first-order chi connectivity index (χ1) is 10.1. The maximum Gasteiger partial charge on any atom is 0.165 e. The van der Waals surface area contributed by atoms with Gasteiger partial charge in [0.1, 0.15) is 11.6 Å². The molecule has 6 heteroatoms. The molecule has 1 saturated heterocycles. The Morgan fingerprint density at radius 3 is 2.38 bits per heavy atom. The van der Waals surface area contributed by atoms with Crippen LogP contribution in [0.3, 0.4) is 0 Å². The van der Waals surface area contributed by atoms with Crippen LogP contribution in [0.25, 0.3) is 11.2 Å². The van der Waals surface area contributed by atoms with E-state index < -0.39 is 0 Å². The lowest BCUT2D eigenvalue weighted by atomic mass is 10.3. The van der Waals surface area contributed by atoms with E-state index in [1.807, 2.05) is 6.92 Å². The molecule has 0 aromatic carbocycles. The lowest BCUT2D eigenvalue weighted by Gasteiger charge is -2.33. The summed E-state index contributed by atoms with van der Waals surface area (Å²) >= 11 is 0. The van der Waals surface area contributed by atoms with E-state index >= 15 is 0 Å². The minimum absolute atomic E-state index is 0.827. The molecule has 114 valence electrons. The Labute approximate surface area is 125 Å². The second-order valence-corrected chi connectivity index (χ2v) is 5.87. The van der Waals surface area contributed by atoms with Crippen LogP contribution < -0.4 is 4.90 Å². The Bertz CT molecular complexity index is 639. The summed E-state index contributed by atoms with van der Waals surface area (Å²) in [6.07, 6.45) is 1.08. The van der Waals surface area contributed by atoms with Gasteiger partial charge in [0, 0.05) is 32.7 Å². The summed E-state index contributed by atoms with van der Waals surface area (Å²) in [7, 11) is 2.16. The van der Waals surface area contributed by atoms with Gasteiger partial charge in [0.25, 0.3) is 0 Å². The number of piperazine rings is 1. The van der Waals surface area contributed by atoms with Gasteiger partial charge in [-0.1, -0.05) is 6.92 Å². The molecule has 0 unspecified atom stereocenters. The van der Waals surface area contributed by atoms with Crippen molar-refractivity contribution in [3.63, 3.8) is 0 Å². The molecule has 0 aliphatic carbocycles. The van der Waals surface area contributed by atoms with Gasteiger partial charge in [-0.3, -0.25) is 0 Å². The van der Waals surface area contributed by atoms with E-state index in [0.29, 0.717) is 0 Å². The van der Waals surface area contributed by atoms with Crippen LogP contribution >= 0.6 is 0 Å². The first kappa shape index (κ1) is 14.3. The standard InChI is InChI=1S/C15H24N6/c1-5-6-21-12(3)18-13-14(16-11(2)17-15(13)21)20-9-7-19(4)8-10-20/h5-10H2,1-4H3. The van der Waals surface area contributed by atoms with Gasteiger partial charge in [0.05, 0.1) is 0 Å². The molecule has 0 saturated carbocycles. The average Bonchev–Trinajstić information content (AvgIpc) is 2.76. The highest BCUT2D eigenvalue weighted by Gasteiger charge is 2.21. The lowest BCUT2D eigenvalue weighted by molar-refractivity contribution is 0.312. The van der Waals surface area contributed by atoms with Crippen LogP contribution in [0.1, 0.15) is 25.0 Å². The fourth-order valence-corrected chi connectivity index (χ4v) is 2.93. The molecular weight excluding hydrogens is 264 g/mol. The number of rotatable bonds is 3. The Hall–Kier alpha value is -1.69. The number of anilines is 1. The molecule has 3 rings (SSSR count). The number of hydrogen-bond acceptors (Lipinski definition) is 5. The van der Waals surface area contributed by atoms with E-state index in [4.69, 9.17) is 4.98 Å². The third-order valence-electron chi connectivity index (χ3n) is 4.13. The van der Waals surface area contributed by atoms with Crippen molar-refractivity contribution >= 4 is 17.0 Å². The van der Waals surface area contributed by atoms with Crippen molar-refractivity contribution in [2.45, 2.75) is 33.7 Å². The fourth-order valence-electron chi connectivity index (χ4n) is 2.93. The van der Waals surface area contributed by atoms with E-state index in [-0.39, 0.29) is 0 Å². The Kier molecular flexibility index (Phi) is 3.80. The third-order valence-corrected chi connectivity index (χ3v) is 4.13. The van der Waals surface area contributed by atoms with Gasteiger partial charge in [-0.05, 0) is 27.3 Å². The zero-order chi connectivity index (χ0) is 15.0. The average molecular weight is 288 g/mol. The minimum atomic E-state index is 0.827. The highest BCUT2D eigenvalue weighted by Crippen LogP contribution is 2.25. The van der Waals surface area contributed by atoms with Crippen molar-refractivity contribution in [3.05, 3.63) is 11.6 Å². The van der Waals surface area contributed by atoms with E-state index in [1.165, 1.54) is 0 Å². The van der Waals surface area contributed by atoms with Gasteiger partial charge in [0.15, 0.2) is 17.0 Å². The van der Waals surface area contributed by atoms with Crippen molar-refractivity contribution in [1.82, 2.24) is 24.4 Å². The van der Waals surface area contributed by atoms with Crippen molar-refractivity contribution in [2.24, 2.45) is 0 Å². The predicted octanol–water partition coefficient (Wildman–Crippen LogP) is 1.60. The summed E-state index contributed by atoms with van der Waals surface area (Å²) in [4.78, 5) is 18.8. The monoisotopic (exact) mass is 288 g/mol. The van der Waals surface area contributed by atoms with Crippen LogP contribution in [-0.4, -0.2) is 57.6 Å². The zero-order valence-electron chi connectivity index (χ0n) is 13.4. The first-order valence-corrected chi connectivity index (χ1v) is 7.75. The Balaban J connectivity index is 2.08. The number of aryl methyl sites for hydroxylation is 3. The molecule has 0 spiro atoms. The number of fused-ring (bicyclic) bond motifs is 1. The second kappa shape index (κ2) is 5.60. The number of likely N-dealkylation sites (N-methyl/N-ethyl adjacent to an activating group) is 1. The summed E-state index contributed by atoms with van der Waals surface area (Å²) in [5, 5.41) is 0. The molecule has 2 aromatic heterocycles. The second-order valence-electron chi connectivity index (χ2n) is 5.87. The normalized spacial score (nSPS) is 16.9. The quantitative estimate of drug-likeness (QED) is 0.859. The van der Waals surface area contributed by atoms with Crippen LogP contribution in [-0.2, 0) is 6.54 Å². The third kappa shape index (κ3) is 2.60. The molecular formula is C15H24N6. The van der Waals surface area contributed by atoms with E-state index in [9.17, 15) is 0 Å². The number of aromatic nitrogens is 4. The van der Waals surface area contributed by atoms with Gasteiger partial charge < -0.3 is 14.4 Å². The molecule has 6 nitrogen and oxygen atoms in total. The highest BCUT2D eigenvalue weighted by atomic mass is 15.3. The highest BCUT2D eigenvalue weighted by molar-refractivity contribution is 5.84. The fraction of sp³-hybridized carbons (Fsp3) is 0.667. The molecule has 21 heavy (non-hydrogen) atoms. The first-order valence-electron chi connectivity index (χ1n) is 7.75. The molecule has 0 N–H and O–H groups in total. The van der Waals surface area contributed by atoms with Gasteiger partial charge >= 0.3 is 0 Å². The molecule has 0 radical (unpaired) electrons. The molecule has 3 heterocycles. The molecule has 0 amide bonds. The van der Waals surface area contributed by atoms with Crippen molar-refractivity contribution in [1.29, 1.82) is 0 Å². The maximum atomic E-state index is 4.75. The van der Waals surface area contributed by atoms with Gasteiger partial charge in [-0.15, -0.1) is 0 Å². The Morgan fingerprint density at radius 1 is 1.00 bits per heavy atom. The van der Waals surface area contributed by atoms with Gasteiger partial charge in [-0.25, -0.2) is 15.0 Å². The van der Waals surface area contributed by atoms with Crippen LogP contribution in [0.4, 0.5) is 5.82 Å². The summed E-state index contributed by atoms with van der Waals surface area (Å²) in [5.74, 6) is 2.86. The summed E-state index contributed by atoms with van der Waals surface area (Å²) in [6, 6.07) is 0. The largest absolute Gasteiger partial charge is 0.352 e. The van der Waals surface area contributed by atoms with Gasteiger partial charge in [0.2, 0.25) is 0 Å². The van der Waals surface area contributed by atoms with Crippen LogP contribution in [0.2, 0.25) is 0 Å². The van der Waals surface area contributed by atoms with E-state index in [0.717, 1.165) is 67.8 Å². The summed E-state index contributed by atoms with van der Waals surface area (Å²) < 4.78 is 2.21. The smallest absolute Gasteiger partial charge is 0.165 e. The van der Waals surface area contributed by atoms with Crippen LogP contribution in [0.15, 0.2) is 0 Å². The maximum absolute atomic E-state index is 4.75. The van der Waals surface area contributed by atoms with Gasteiger partial charge in [-0.2, -0.15) is 0 Å². The summed E-state index contributed by atoms with van der Waals surface area (Å²) in [6.45, 7) is 11.3. The van der Waals surface area contributed by atoms with Crippen molar-refractivity contribution in [3.8, 4) is 0 Å². The van der Waals surface area contributed by atoms with Crippen molar-refractivity contribution < 1.29 is 0 Å². The van der Waals surface area contributed by atoms with E-state index in [2.05, 4.69) is 45.2 Å². The number of nitrogens with zero attached hydrogens (tertiary/aromatic N) is 6. The molecule has 2 aromatic rings. The number of imidazole rings is 1. The van der Waals surface area contributed by atoms with E-state index in [1.54, 1.807) is 0 Å². The SMILES string of the molecule is CCCn1c(C)nc2c(N3CCN(C)CC3)nc(C)nc21. The summed E-state index contributed by atoms with van der Waals surface area (Å²) in [5.41, 5.74) is 1.94. The van der Waals surface area contributed by atoms with Crippen LogP contribution in [0.5, 0.6) is 0 Å². The minimum Gasteiger partial charge on any atom is -0.352 e. The topological polar surface area (TPSA) is 50.1 Å². The predicted molar refractivity (Wildman–Crippen MR) is 84.8 cm³/mol. The zero-order valence-corrected chi connectivity index (χ0v) is 13.4. The Morgan fingerprint density at radius 2 is 1.71 bits per heavy atom. The molecule has 1 aliphatic heterocycles. The molecule has 1 fully saturated rings. The van der Waals surface area contributed by atoms with Crippen molar-refractivity contribution in [2.75, 3.05) is 38.1 Å². The lowest BCUT2D eigenvalue weighted by Crippen LogP contribution is -2.45. The molecule has 0 atom stereocenters. The molecule has 0 bridgehead atoms. The molecule has 1 aliphatic rings. The number of hydrogen-bond donors (Lipinski definition) is 0.